The molecule has 0 radical (unpaired) electrons. The maximum atomic E-state index is 10.9. The van der Waals surface area contributed by atoms with Gasteiger partial charge in [0.1, 0.15) is 5.60 Å². The van der Waals surface area contributed by atoms with Crippen molar-refractivity contribution in [2.75, 3.05) is 0 Å². The van der Waals surface area contributed by atoms with Gasteiger partial charge in [-0.05, 0) is 43.9 Å². The van der Waals surface area contributed by atoms with Crippen LogP contribution in [-0.2, 0) is 4.79 Å². The average molecular weight is 169 g/mol. The molecule has 0 aromatic heterocycles. The smallest absolute Gasteiger partial charge is 0.249 e. The SMILES string of the molecule is NC(=O)C1(O)CCC2(CC2)CC1. The molecule has 12 heavy (non-hydrogen) atoms. The molecule has 2 aliphatic rings. The molecule has 1 amide bonds. The van der Waals surface area contributed by atoms with Crippen molar-refractivity contribution in [1.82, 2.24) is 0 Å². The average Bonchev–Trinajstić information content (AvgIpc) is 2.77. The summed E-state index contributed by atoms with van der Waals surface area (Å²) in [6.45, 7) is 0. The largest absolute Gasteiger partial charge is 0.380 e. The Hall–Kier alpha value is -0.570. The molecule has 3 nitrogen and oxygen atoms in total. The fraction of sp³-hybridized carbons (Fsp3) is 0.889. The van der Waals surface area contributed by atoms with Crippen molar-refractivity contribution in [2.45, 2.75) is 44.1 Å². The van der Waals surface area contributed by atoms with E-state index >= 15 is 0 Å². The normalized spacial score (nSPS) is 30.1. The third-order valence-electron chi connectivity index (χ3n) is 3.55. The summed E-state index contributed by atoms with van der Waals surface area (Å²) >= 11 is 0. The Morgan fingerprint density at radius 1 is 1.08 bits per heavy atom. The van der Waals surface area contributed by atoms with Crippen LogP contribution in [0.3, 0.4) is 0 Å². The molecule has 2 fully saturated rings. The Morgan fingerprint density at radius 3 is 1.83 bits per heavy atom. The van der Waals surface area contributed by atoms with Crippen molar-refractivity contribution in [2.24, 2.45) is 11.1 Å². The molecule has 0 aliphatic heterocycles. The van der Waals surface area contributed by atoms with Gasteiger partial charge in [-0.15, -0.1) is 0 Å². The number of hydrogen-bond donors (Lipinski definition) is 2. The first-order chi connectivity index (χ1) is 5.56. The summed E-state index contributed by atoms with van der Waals surface area (Å²) in [5, 5.41) is 9.73. The van der Waals surface area contributed by atoms with Gasteiger partial charge < -0.3 is 10.8 Å². The summed E-state index contributed by atoms with van der Waals surface area (Å²) in [7, 11) is 0. The predicted molar refractivity (Wildman–Crippen MR) is 44.3 cm³/mol. The van der Waals surface area contributed by atoms with E-state index in [1.807, 2.05) is 0 Å². The van der Waals surface area contributed by atoms with Crippen LogP contribution in [0.15, 0.2) is 0 Å². The van der Waals surface area contributed by atoms with E-state index in [-0.39, 0.29) is 0 Å². The molecule has 0 bridgehead atoms. The van der Waals surface area contributed by atoms with Crippen molar-refractivity contribution in [3.63, 3.8) is 0 Å². The van der Waals surface area contributed by atoms with Gasteiger partial charge in [0.25, 0.3) is 0 Å². The van der Waals surface area contributed by atoms with E-state index in [2.05, 4.69) is 0 Å². The fourth-order valence-electron chi connectivity index (χ4n) is 2.12. The van der Waals surface area contributed by atoms with Crippen LogP contribution in [0.5, 0.6) is 0 Å². The van der Waals surface area contributed by atoms with Crippen LogP contribution < -0.4 is 5.73 Å². The molecular formula is C9H15NO2. The van der Waals surface area contributed by atoms with Crippen molar-refractivity contribution in [1.29, 1.82) is 0 Å². The summed E-state index contributed by atoms with van der Waals surface area (Å²) in [6, 6.07) is 0. The molecule has 0 heterocycles. The third kappa shape index (κ3) is 1.12. The summed E-state index contributed by atoms with van der Waals surface area (Å²) in [4.78, 5) is 10.9. The molecule has 0 aromatic rings. The zero-order chi connectivity index (χ0) is 8.82. The molecule has 1 spiro atoms. The molecule has 2 aliphatic carbocycles. The molecule has 2 rings (SSSR count). The lowest BCUT2D eigenvalue weighted by Crippen LogP contribution is -2.46. The van der Waals surface area contributed by atoms with Crippen LogP contribution in [0.4, 0.5) is 0 Å². The first-order valence-electron chi connectivity index (χ1n) is 4.59. The number of carbonyl (C=O) groups excluding carboxylic acids is 1. The number of carbonyl (C=O) groups is 1. The monoisotopic (exact) mass is 169 g/mol. The van der Waals surface area contributed by atoms with E-state index in [0.717, 1.165) is 12.8 Å². The topological polar surface area (TPSA) is 63.3 Å². The summed E-state index contributed by atoms with van der Waals surface area (Å²) in [5.74, 6) is -0.544. The quantitative estimate of drug-likeness (QED) is 0.602. The molecule has 2 saturated carbocycles. The van der Waals surface area contributed by atoms with Crippen molar-refractivity contribution in [3.8, 4) is 0 Å². The molecule has 0 saturated heterocycles. The minimum Gasteiger partial charge on any atom is -0.380 e. The van der Waals surface area contributed by atoms with E-state index < -0.39 is 11.5 Å². The zero-order valence-electron chi connectivity index (χ0n) is 7.18. The molecule has 0 unspecified atom stereocenters. The number of amides is 1. The number of primary amides is 1. The maximum Gasteiger partial charge on any atom is 0.249 e. The van der Waals surface area contributed by atoms with E-state index in [4.69, 9.17) is 5.73 Å². The zero-order valence-corrected chi connectivity index (χ0v) is 7.18. The van der Waals surface area contributed by atoms with Gasteiger partial charge in [-0.3, -0.25) is 4.79 Å². The second-order valence-corrected chi connectivity index (χ2v) is 4.40. The summed E-state index contributed by atoms with van der Waals surface area (Å²) in [5.41, 5.74) is 4.44. The summed E-state index contributed by atoms with van der Waals surface area (Å²) in [6.07, 6.45) is 5.66. The lowest BCUT2D eigenvalue weighted by Gasteiger charge is -2.33. The van der Waals surface area contributed by atoms with E-state index in [9.17, 15) is 9.90 Å². The highest BCUT2D eigenvalue weighted by molar-refractivity contribution is 5.83. The first kappa shape index (κ1) is 8.05. The lowest BCUT2D eigenvalue weighted by molar-refractivity contribution is -0.140. The highest BCUT2D eigenvalue weighted by atomic mass is 16.3. The number of aliphatic hydroxyl groups is 1. The van der Waals surface area contributed by atoms with Crippen LogP contribution in [0.1, 0.15) is 38.5 Å². The molecular weight excluding hydrogens is 154 g/mol. The van der Waals surface area contributed by atoms with Gasteiger partial charge in [-0.1, -0.05) is 0 Å². The Labute approximate surface area is 71.9 Å². The standard InChI is InChI=1S/C9H15NO2/c10-7(11)9(12)5-3-8(1-2-8)4-6-9/h12H,1-6H2,(H2,10,11). The predicted octanol–water partition coefficient (Wildman–Crippen LogP) is 0.557. The summed E-state index contributed by atoms with van der Waals surface area (Å²) < 4.78 is 0. The molecule has 0 aromatic carbocycles. The second-order valence-electron chi connectivity index (χ2n) is 4.40. The Balaban J connectivity index is 2.01. The molecule has 3 heteroatoms. The van der Waals surface area contributed by atoms with Gasteiger partial charge in [0.15, 0.2) is 0 Å². The number of rotatable bonds is 1. The second kappa shape index (κ2) is 2.22. The minimum absolute atomic E-state index is 0.502. The van der Waals surface area contributed by atoms with E-state index in [0.29, 0.717) is 18.3 Å². The van der Waals surface area contributed by atoms with Gasteiger partial charge in [0.05, 0.1) is 0 Å². The number of nitrogens with two attached hydrogens (primary N) is 1. The Kier molecular flexibility index (Phi) is 1.49. The Morgan fingerprint density at radius 2 is 1.50 bits per heavy atom. The van der Waals surface area contributed by atoms with Gasteiger partial charge in [0, 0.05) is 0 Å². The van der Waals surface area contributed by atoms with Crippen LogP contribution in [0.2, 0.25) is 0 Å². The third-order valence-corrected chi connectivity index (χ3v) is 3.55. The minimum atomic E-state index is -1.19. The van der Waals surface area contributed by atoms with Crippen molar-refractivity contribution < 1.29 is 9.90 Å². The van der Waals surface area contributed by atoms with Crippen LogP contribution in [0.25, 0.3) is 0 Å². The molecule has 0 atom stereocenters. The van der Waals surface area contributed by atoms with Gasteiger partial charge in [-0.2, -0.15) is 0 Å². The van der Waals surface area contributed by atoms with Crippen LogP contribution >= 0.6 is 0 Å². The van der Waals surface area contributed by atoms with Gasteiger partial charge in [-0.25, -0.2) is 0 Å². The van der Waals surface area contributed by atoms with Gasteiger partial charge >= 0.3 is 0 Å². The Bertz CT molecular complexity index is 211. The number of hydrogen-bond acceptors (Lipinski definition) is 2. The van der Waals surface area contributed by atoms with E-state index in [1.54, 1.807) is 0 Å². The maximum absolute atomic E-state index is 10.9. The highest BCUT2D eigenvalue weighted by Gasteiger charge is 2.50. The fourth-order valence-corrected chi connectivity index (χ4v) is 2.12. The van der Waals surface area contributed by atoms with Crippen LogP contribution in [-0.4, -0.2) is 16.6 Å². The highest BCUT2D eigenvalue weighted by Crippen LogP contribution is 2.57. The molecule has 3 N–H and O–H groups in total. The first-order valence-corrected chi connectivity index (χ1v) is 4.59. The lowest BCUT2D eigenvalue weighted by atomic mass is 9.76. The van der Waals surface area contributed by atoms with E-state index in [1.165, 1.54) is 12.8 Å². The van der Waals surface area contributed by atoms with Crippen LogP contribution in [0, 0.1) is 5.41 Å². The van der Waals surface area contributed by atoms with Crippen molar-refractivity contribution >= 4 is 5.91 Å². The van der Waals surface area contributed by atoms with Gasteiger partial charge in [0.2, 0.25) is 5.91 Å². The molecule has 68 valence electrons. The van der Waals surface area contributed by atoms with Crippen molar-refractivity contribution in [3.05, 3.63) is 0 Å².